The molecule has 1 aliphatic heterocycles. The van der Waals surface area contributed by atoms with Crippen molar-refractivity contribution in [3.8, 4) is 6.07 Å². The average molecular weight is 352 g/mol. The molecule has 0 aromatic heterocycles. The zero-order chi connectivity index (χ0) is 18.4. The number of benzene rings is 1. The fraction of sp³-hybridized carbons (Fsp3) is 0.312. The van der Waals surface area contributed by atoms with Gasteiger partial charge in [0.1, 0.15) is 11.6 Å². The number of nitriles is 1. The molecule has 1 aliphatic rings. The first-order valence-electron chi connectivity index (χ1n) is 7.37. The van der Waals surface area contributed by atoms with Crippen LogP contribution in [0.5, 0.6) is 0 Å². The Morgan fingerprint density at radius 3 is 2.40 bits per heavy atom. The van der Waals surface area contributed by atoms with Crippen LogP contribution in [0.1, 0.15) is 5.56 Å². The van der Waals surface area contributed by atoms with Gasteiger partial charge in [-0.25, -0.2) is 0 Å². The van der Waals surface area contributed by atoms with E-state index in [2.05, 4.69) is 5.32 Å². The number of anilines is 1. The van der Waals surface area contributed by atoms with Crippen molar-refractivity contribution < 1.29 is 22.8 Å². The number of alkyl halides is 3. The van der Waals surface area contributed by atoms with Gasteiger partial charge < -0.3 is 15.1 Å². The van der Waals surface area contributed by atoms with Crippen molar-refractivity contribution in [2.45, 2.75) is 6.18 Å². The Morgan fingerprint density at radius 2 is 1.84 bits per heavy atom. The summed E-state index contributed by atoms with van der Waals surface area (Å²) < 4.78 is 38.1. The van der Waals surface area contributed by atoms with Gasteiger partial charge >= 0.3 is 6.18 Å². The molecule has 1 N–H and O–H groups in total. The maximum Gasteiger partial charge on any atom is 0.416 e. The lowest BCUT2D eigenvalue weighted by molar-refractivity contribution is -0.137. The molecule has 1 fully saturated rings. The van der Waals surface area contributed by atoms with Gasteiger partial charge in [0, 0.05) is 38.1 Å². The number of nitrogens with one attached hydrogen (secondary N) is 1. The van der Waals surface area contributed by atoms with Crippen LogP contribution in [-0.2, 0) is 15.8 Å². The van der Waals surface area contributed by atoms with Crippen molar-refractivity contribution in [1.82, 2.24) is 9.80 Å². The number of amides is 2. The maximum atomic E-state index is 12.7. The van der Waals surface area contributed by atoms with E-state index in [1.165, 1.54) is 18.3 Å². The second kappa shape index (κ2) is 7.70. The molecule has 2 amide bonds. The molecule has 1 aromatic rings. The van der Waals surface area contributed by atoms with Crippen molar-refractivity contribution in [3.63, 3.8) is 0 Å². The lowest BCUT2D eigenvalue weighted by atomic mass is 10.2. The summed E-state index contributed by atoms with van der Waals surface area (Å²) >= 11 is 0. The van der Waals surface area contributed by atoms with Crippen LogP contribution in [-0.4, -0.2) is 48.3 Å². The second-order valence-corrected chi connectivity index (χ2v) is 5.36. The molecular formula is C16H15F3N4O2. The minimum atomic E-state index is -4.52. The lowest BCUT2D eigenvalue weighted by Crippen LogP contribution is -2.43. The Morgan fingerprint density at radius 1 is 1.20 bits per heavy atom. The van der Waals surface area contributed by atoms with Gasteiger partial charge in [0.15, 0.2) is 0 Å². The van der Waals surface area contributed by atoms with Gasteiger partial charge in [-0.05, 0) is 18.2 Å². The van der Waals surface area contributed by atoms with Gasteiger partial charge in [-0.3, -0.25) is 9.59 Å². The van der Waals surface area contributed by atoms with E-state index in [0.29, 0.717) is 26.2 Å². The molecule has 0 bridgehead atoms. The molecule has 0 radical (unpaired) electrons. The first kappa shape index (κ1) is 18.3. The third-order valence-corrected chi connectivity index (χ3v) is 3.62. The predicted octanol–water partition coefficient (Wildman–Crippen LogP) is 1.83. The van der Waals surface area contributed by atoms with Crippen molar-refractivity contribution in [2.75, 3.05) is 31.5 Å². The third-order valence-electron chi connectivity index (χ3n) is 3.62. The van der Waals surface area contributed by atoms with E-state index in [1.54, 1.807) is 15.9 Å². The third kappa shape index (κ3) is 4.97. The molecule has 25 heavy (non-hydrogen) atoms. The summed E-state index contributed by atoms with van der Waals surface area (Å²) in [6.07, 6.45) is -2.44. The standard InChI is InChI=1S/C16H15F3N4O2/c17-16(18,19)13-2-1-3-14(8-13)21-15(25)12(9-20)10-22-4-6-23(11-24)7-5-22/h1-3,8,10-11H,4-7H2,(H,21,25)/b12-10-. The monoisotopic (exact) mass is 352 g/mol. The molecule has 0 saturated carbocycles. The predicted molar refractivity (Wildman–Crippen MR) is 83.0 cm³/mol. The number of hydrogen-bond acceptors (Lipinski definition) is 4. The highest BCUT2D eigenvalue weighted by molar-refractivity contribution is 6.06. The molecule has 9 heteroatoms. The SMILES string of the molecule is N#C/C(=C/N1CCN(C=O)CC1)C(=O)Nc1cccc(C(F)(F)F)c1. The van der Waals surface area contributed by atoms with Gasteiger partial charge in [-0.2, -0.15) is 18.4 Å². The van der Waals surface area contributed by atoms with Gasteiger partial charge in [0.2, 0.25) is 6.41 Å². The topological polar surface area (TPSA) is 76.4 Å². The highest BCUT2D eigenvalue weighted by atomic mass is 19.4. The van der Waals surface area contributed by atoms with Crippen LogP contribution in [0.15, 0.2) is 36.0 Å². The van der Waals surface area contributed by atoms with E-state index < -0.39 is 17.6 Å². The molecule has 1 aromatic carbocycles. The molecule has 6 nitrogen and oxygen atoms in total. The van der Waals surface area contributed by atoms with E-state index in [-0.39, 0.29) is 11.3 Å². The largest absolute Gasteiger partial charge is 0.416 e. The van der Waals surface area contributed by atoms with Crippen molar-refractivity contribution in [2.24, 2.45) is 0 Å². The molecule has 0 atom stereocenters. The van der Waals surface area contributed by atoms with Crippen LogP contribution in [0.2, 0.25) is 0 Å². The zero-order valence-electron chi connectivity index (χ0n) is 13.1. The number of piperazine rings is 1. The average Bonchev–Trinajstić information content (AvgIpc) is 2.59. The van der Waals surface area contributed by atoms with Crippen LogP contribution < -0.4 is 5.32 Å². The Hall–Kier alpha value is -3.02. The summed E-state index contributed by atoms with van der Waals surface area (Å²) in [5.41, 5.74) is -1.17. The lowest BCUT2D eigenvalue weighted by Gasteiger charge is -2.31. The molecule has 1 heterocycles. The Bertz CT molecular complexity index is 717. The fourth-order valence-electron chi connectivity index (χ4n) is 2.26. The molecule has 0 unspecified atom stereocenters. The molecular weight excluding hydrogens is 337 g/mol. The van der Waals surface area contributed by atoms with Crippen LogP contribution in [0.25, 0.3) is 0 Å². The van der Waals surface area contributed by atoms with E-state index in [1.807, 2.05) is 0 Å². The van der Waals surface area contributed by atoms with E-state index >= 15 is 0 Å². The summed E-state index contributed by atoms with van der Waals surface area (Å²) in [5.74, 6) is -0.792. The van der Waals surface area contributed by atoms with Gasteiger partial charge in [-0.1, -0.05) is 6.07 Å². The Balaban J connectivity index is 2.07. The number of carbonyl (C=O) groups is 2. The number of halogens is 3. The number of rotatable bonds is 4. The van der Waals surface area contributed by atoms with Gasteiger partial charge in [0.05, 0.1) is 5.56 Å². The van der Waals surface area contributed by atoms with E-state index in [4.69, 9.17) is 5.26 Å². The first-order chi connectivity index (χ1) is 11.8. The number of nitrogens with zero attached hydrogens (tertiary/aromatic N) is 3. The van der Waals surface area contributed by atoms with Crippen molar-refractivity contribution in [3.05, 3.63) is 41.6 Å². The quantitative estimate of drug-likeness (QED) is 0.510. The summed E-state index contributed by atoms with van der Waals surface area (Å²) in [6.45, 7) is 1.85. The van der Waals surface area contributed by atoms with Crippen LogP contribution in [0.3, 0.4) is 0 Å². The zero-order valence-corrected chi connectivity index (χ0v) is 13.1. The van der Waals surface area contributed by atoms with E-state index in [0.717, 1.165) is 18.5 Å². The highest BCUT2D eigenvalue weighted by Gasteiger charge is 2.30. The fourth-order valence-corrected chi connectivity index (χ4v) is 2.26. The van der Waals surface area contributed by atoms with E-state index in [9.17, 15) is 22.8 Å². The number of hydrogen-bond donors (Lipinski definition) is 1. The summed E-state index contributed by atoms with van der Waals surface area (Å²) in [5, 5.41) is 11.4. The normalized spacial score (nSPS) is 15.5. The smallest absolute Gasteiger partial charge is 0.373 e. The minimum absolute atomic E-state index is 0.0493. The molecule has 0 spiro atoms. The summed E-state index contributed by atoms with van der Waals surface area (Å²) in [7, 11) is 0. The molecule has 0 aliphatic carbocycles. The molecule has 2 rings (SSSR count). The Kier molecular flexibility index (Phi) is 5.64. The minimum Gasteiger partial charge on any atom is -0.373 e. The van der Waals surface area contributed by atoms with Crippen LogP contribution >= 0.6 is 0 Å². The van der Waals surface area contributed by atoms with Crippen LogP contribution in [0.4, 0.5) is 18.9 Å². The summed E-state index contributed by atoms with van der Waals surface area (Å²) in [6, 6.07) is 5.92. The second-order valence-electron chi connectivity index (χ2n) is 5.36. The van der Waals surface area contributed by atoms with Gasteiger partial charge in [0.25, 0.3) is 5.91 Å². The number of carbonyl (C=O) groups excluding carboxylic acids is 2. The molecule has 132 valence electrons. The summed E-state index contributed by atoms with van der Waals surface area (Å²) in [4.78, 5) is 26.1. The molecule has 1 saturated heterocycles. The van der Waals surface area contributed by atoms with Crippen LogP contribution in [0, 0.1) is 11.3 Å². The first-order valence-corrected chi connectivity index (χ1v) is 7.37. The Labute approximate surface area is 142 Å². The highest BCUT2D eigenvalue weighted by Crippen LogP contribution is 2.30. The maximum absolute atomic E-state index is 12.7. The van der Waals surface area contributed by atoms with Crippen molar-refractivity contribution >= 4 is 18.0 Å². The van der Waals surface area contributed by atoms with Crippen molar-refractivity contribution in [1.29, 1.82) is 5.26 Å². The van der Waals surface area contributed by atoms with Gasteiger partial charge in [-0.15, -0.1) is 0 Å².